The lowest BCUT2D eigenvalue weighted by atomic mass is 10.1. The molecule has 2 aromatic carbocycles. The second-order valence-corrected chi connectivity index (χ2v) is 9.40. The molecule has 1 N–H and O–H groups in total. The first-order valence-corrected chi connectivity index (χ1v) is 12.3. The smallest absolute Gasteiger partial charge is 0.433 e. The second-order valence-electron chi connectivity index (χ2n) is 8.21. The van der Waals surface area contributed by atoms with Crippen LogP contribution in [0.5, 0.6) is 5.75 Å². The molecule has 5 aromatic rings. The van der Waals surface area contributed by atoms with Gasteiger partial charge in [0.15, 0.2) is 22.9 Å². The van der Waals surface area contributed by atoms with Crippen LogP contribution in [0.3, 0.4) is 0 Å². The summed E-state index contributed by atoms with van der Waals surface area (Å²) in [7, 11) is 1.44. The van der Waals surface area contributed by atoms with Gasteiger partial charge in [0.2, 0.25) is 0 Å². The van der Waals surface area contributed by atoms with Crippen LogP contribution in [0.15, 0.2) is 60.8 Å². The minimum Gasteiger partial charge on any atom is -0.497 e. The van der Waals surface area contributed by atoms with E-state index in [2.05, 4.69) is 20.5 Å². The second kappa shape index (κ2) is 10.4. The zero-order chi connectivity index (χ0) is 27.9. The Morgan fingerprint density at radius 1 is 1.03 bits per heavy atom. The van der Waals surface area contributed by atoms with Crippen molar-refractivity contribution >= 4 is 52.2 Å². The molecule has 0 saturated carbocycles. The average molecular weight is 596 g/mol. The number of nitrogens with zero attached hydrogens (tertiary/aromatic N) is 5. The van der Waals surface area contributed by atoms with Crippen molar-refractivity contribution in [2.75, 3.05) is 12.4 Å². The Morgan fingerprint density at radius 3 is 2.44 bits per heavy atom. The molecule has 0 fully saturated rings. The van der Waals surface area contributed by atoms with Crippen molar-refractivity contribution in [3.63, 3.8) is 0 Å². The fraction of sp³-hybridized carbons (Fsp3) is 0.120. The number of amides is 1. The molecule has 0 aliphatic heterocycles. The quantitative estimate of drug-likeness (QED) is 0.231. The van der Waals surface area contributed by atoms with Gasteiger partial charge in [-0.3, -0.25) is 9.48 Å². The molecular weight excluding hydrogens is 580 g/mol. The van der Waals surface area contributed by atoms with Crippen molar-refractivity contribution in [3.8, 4) is 17.0 Å². The SMILES string of the molecule is COc1cccc(-c2cc(C(F)(F)F)n3nc(C(=O)Nc4ccn(Cc5c(Cl)cccc5Cl)n4)c(Cl)c3n2)c1. The Kier molecular flexibility index (Phi) is 7.15. The number of anilines is 1. The van der Waals surface area contributed by atoms with Crippen LogP contribution >= 0.6 is 34.8 Å². The van der Waals surface area contributed by atoms with Crippen molar-refractivity contribution in [3.05, 3.63) is 92.8 Å². The number of benzene rings is 2. The summed E-state index contributed by atoms with van der Waals surface area (Å²) in [5.41, 5.74) is -1.00. The standard InChI is InChI=1S/C25H16Cl3F3N6O2/c1-39-14-5-2-4-13(10-14)18-11-19(25(29,30)31)37-23(32-18)21(28)22(35-37)24(38)33-20-8-9-36(34-20)12-15-16(26)6-3-7-17(15)27/h2-11H,12H2,1H3,(H,33,34,38). The van der Waals surface area contributed by atoms with Crippen LogP contribution in [0.2, 0.25) is 15.1 Å². The monoisotopic (exact) mass is 594 g/mol. The number of carbonyl (C=O) groups excluding carboxylic acids is 1. The Labute approximate surface area is 233 Å². The number of nitrogens with one attached hydrogen (secondary N) is 1. The van der Waals surface area contributed by atoms with Gasteiger partial charge >= 0.3 is 6.18 Å². The Bertz CT molecular complexity index is 1700. The first kappa shape index (κ1) is 26.8. The Balaban J connectivity index is 1.48. The van der Waals surface area contributed by atoms with E-state index in [0.29, 0.717) is 31.4 Å². The third-order valence-electron chi connectivity index (χ3n) is 5.67. The molecular formula is C25H16Cl3F3N6O2. The van der Waals surface area contributed by atoms with Crippen molar-refractivity contribution < 1.29 is 22.7 Å². The minimum absolute atomic E-state index is 0.0283. The molecule has 0 radical (unpaired) electrons. The maximum absolute atomic E-state index is 14.0. The molecule has 3 aromatic heterocycles. The first-order valence-electron chi connectivity index (χ1n) is 11.1. The molecule has 5 rings (SSSR count). The van der Waals surface area contributed by atoms with Crippen molar-refractivity contribution in [1.82, 2.24) is 24.4 Å². The lowest BCUT2D eigenvalue weighted by molar-refractivity contribution is -0.142. The number of alkyl halides is 3. The van der Waals surface area contributed by atoms with E-state index in [9.17, 15) is 18.0 Å². The van der Waals surface area contributed by atoms with Gasteiger partial charge in [0.05, 0.1) is 19.3 Å². The molecule has 0 aliphatic rings. The molecule has 3 heterocycles. The third kappa shape index (κ3) is 5.38. The molecule has 0 atom stereocenters. The molecule has 14 heteroatoms. The highest BCUT2D eigenvalue weighted by Crippen LogP contribution is 2.35. The number of halogens is 6. The van der Waals surface area contributed by atoms with E-state index in [1.165, 1.54) is 23.9 Å². The molecule has 0 unspecified atom stereocenters. The van der Waals surface area contributed by atoms with E-state index in [-0.39, 0.29) is 28.7 Å². The highest BCUT2D eigenvalue weighted by atomic mass is 35.5. The summed E-state index contributed by atoms with van der Waals surface area (Å²) in [5, 5.41) is 11.1. The number of ether oxygens (including phenoxy) is 1. The predicted octanol–water partition coefficient (Wildman–Crippen LogP) is 6.88. The fourth-order valence-electron chi connectivity index (χ4n) is 3.81. The van der Waals surface area contributed by atoms with Gasteiger partial charge < -0.3 is 10.1 Å². The summed E-state index contributed by atoms with van der Waals surface area (Å²) in [4.78, 5) is 17.3. The number of aromatic nitrogens is 5. The van der Waals surface area contributed by atoms with Crippen molar-refractivity contribution in [1.29, 1.82) is 0 Å². The van der Waals surface area contributed by atoms with E-state index in [1.807, 2.05) is 0 Å². The Morgan fingerprint density at radius 2 is 1.74 bits per heavy atom. The summed E-state index contributed by atoms with van der Waals surface area (Å²) in [6.45, 7) is 0.218. The number of carbonyl (C=O) groups is 1. The third-order valence-corrected chi connectivity index (χ3v) is 6.72. The van der Waals surface area contributed by atoms with Crippen LogP contribution < -0.4 is 10.1 Å². The van der Waals surface area contributed by atoms with Crippen molar-refractivity contribution in [2.45, 2.75) is 12.7 Å². The number of rotatable bonds is 6. The number of fused-ring (bicyclic) bond motifs is 1. The van der Waals surface area contributed by atoms with Gasteiger partial charge in [0, 0.05) is 33.4 Å². The summed E-state index contributed by atoms with van der Waals surface area (Å²) >= 11 is 18.8. The summed E-state index contributed by atoms with van der Waals surface area (Å²) in [6, 6.07) is 13.8. The molecule has 0 spiro atoms. The maximum atomic E-state index is 14.0. The van der Waals surface area contributed by atoms with Crippen LogP contribution in [0, 0.1) is 0 Å². The summed E-state index contributed by atoms with van der Waals surface area (Å²) in [5.74, 6) is -0.335. The molecule has 39 heavy (non-hydrogen) atoms. The zero-order valence-corrected chi connectivity index (χ0v) is 22.1. The average Bonchev–Trinajstić information content (AvgIpc) is 3.48. The molecule has 0 aliphatic carbocycles. The fourth-order valence-corrected chi connectivity index (χ4v) is 4.57. The van der Waals surface area contributed by atoms with Gasteiger partial charge in [-0.1, -0.05) is 53.0 Å². The van der Waals surface area contributed by atoms with E-state index < -0.39 is 23.5 Å². The van der Waals surface area contributed by atoms with Crippen molar-refractivity contribution in [2.24, 2.45) is 0 Å². The van der Waals surface area contributed by atoms with Crippen LogP contribution in [-0.2, 0) is 12.7 Å². The largest absolute Gasteiger partial charge is 0.497 e. The molecule has 0 saturated heterocycles. The van der Waals surface area contributed by atoms with Gasteiger partial charge in [-0.15, -0.1) is 0 Å². The normalized spacial score (nSPS) is 11.7. The topological polar surface area (TPSA) is 86.3 Å². The van der Waals surface area contributed by atoms with Gasteiger partial charge in [0.25, 0.3) is 5.91 Å². The lowest BCUT2D eigenvalue weighted by Gasteiger charge is -2.11. The lowest BCUT2D eigenvalue weighted by Crippen LogP contribution is -2.16. The van der Waals surface area contributed by atoms with Gasteiger partial charge in [-0.2, -0.15) is 23.4 Å². The molecule has 0 bridgehead atoms. The maximum Gasteiger partial charge on any atom is 0.433 e. The molecule has 200 valence electrons. The predicted molar refractivity (Wildman–Crippen MR) is 141 cm³/mol. The minimum atomic E-state index is -4.82. The highest BCUT2D eigenvalue weighted by molar-refractivity contribution is 6.37. The zero-order valence-electron chi connectivity index (χ0n) is 19.8. The number of hydrogen-bond donors (Lipinski definition) is 1. The van der Waals surface area contributed by atoms with E-state index >= 15 is 0 Å². The van der Waals surface area contributed by atoms with Gasteiger partial charge in [-0.25, -0.2) is 9.50 Å². The van der Waals surface area contributed by atoms with Crippen LogP contribution in [0.25, 0.3) is 16.9 Å². The Hall–Kier alpha value is -3.80. The highest BCUT2D eigenvalue weighted by Gasteiger charge is 2.37. The van der Waals surface area contributed by atoms with Gasteiger partial charge in [0.1, 0.15) is 10.8 Å². The molecule has 1 amide bonds. The van der Waals surface area contributed by atoms with E-state index in [1.54, 1.807) is 42.6 Å². The van der Waals surface area contributed by atoms with Crippen LogP contribution in [-0.4, -0.2) is 37.4 Å². The van der Waals surface area contributed by atoms with E-state index in [0.717, 1.165) is 6.07 Å². The first-order chi connectivity index (χ1) is 18.5. The van der Waals surface area contributed by atoms with Crippen LogP contribution in [0.4, 0.5) is 19.0 Å². The summed E-state index contributed by atoms with van der Waals surface area (Å²) in [6.07, 6.45) is -3.25. The van der Waals surface area contributed by atoms with Gasteiger partial charge in [-0.05, 0) is 30.3 Å². The number of hydrogen-bond acceptors (Lipinski definition) is 5. The van der Waals surface area contributed by atoms with E-state index in [4.69, 9.17) is 39.5 Å². The van der Waals surface area contributed by atoms with Crippen LogP contribution in [0.1, 0.15) is 21.7 Å². The number of methoxy groups -OCH3 is 1. The summed E-state index contributed by atoms with van der Waals surface area (Å²) < 4.78 is 49.1. The molecule has 8 nitrogen and oxygen atoms in total.